The average Bonchev–Trinajstić information content (AvgIpc) is 3.27. The Morgan fingerprint density at radius 1 is 0.583 bits per heavy atom. The van der Waals surface area contributed by atoms with Crippen molar-refractivity contribution in [2.75, 3.05) is 0 Å². The van der Waals surface area contributed by atoms with Crippen molar-refractivity contribution in [1.29, 1.82) is 0 Å². The highest BCUT2D eigenvalue weighted by molar-refractivity contribution is 7.11. The predicted molar refractivity (Wildman–Crippen MR) is 103 cm³/mol. The van der Waals surface area contributed by atoms with Crippen LogP contribution in [0.1, 0.15) is 32.0 Å². The van der Waals surface area contributed by atoms with Gasteiger partial charge in [-0.25, -0.2) is 0 Å². The number of thiophene rings is 2. The molecule has 0 radical (unpaired) electrons. The maximum Gasteiger partial charge on any atom is 0.0928 e. The Bertz CT molecular complexity index is 980. The summed E-state index contributed by atoms with van der Waals surface area (Å²) in [6.45, 7) is 0. The molecule has 2 heterocycles. The molecule has 24 heavy (non-hydrogen) atoms. The SMILES string of the molecule is C#Cc1ccsc1C#Cc1ccc(C#Cc2sccc2C#C)cc1. The smallest absolute Gasteiger partial charge is 0.0928 e. The van der Waals surface area contributed by atoms with E-state index < -0.39 is 0 Å². The summed E-state index contributed by atoms with van der Waals surface area (Å²) < 4.78 is 0. The highest BCUT2D eigenvalue weighted by Gasteiger charge is 1.98. The van der Waals surface area contributed by atoms with Gasteiger partial charge in [0.1, 0.15) is 0 Å². The average molecular weight is 338 g/mol. The zero-order valence-electron chi connectivity index (χ0n) is 12.6. The van der Waals surface area contributed by atoms with Crippen LogP contribution in [-0.4, -0.2) is 0 Å². The standard InChI is InChI=1S/C22H10S2/c1-3-19-13-15-23-21(19)11-9-17-5-7-18(8-6-17)10-12-22-20(4-2)14-16-24-22/h1-2,5-8,13-16H. The second-order valence-electron chi connectivity index (χ2n) is 4.69. The van der Waals surface area contributed by atoms with Gasteiger partial charge in [0, 0.05) is 11.1 Å². The number of terminal acetylenes is 2. The van der Waals surface area contributed by atoms with E-state index >= 15 is 0 Å². The van der Waals surface area contributed by atoms with Crippen molar-refractivity contribution in [3.63, 3.8) is 0 Å². The summed E-state index contributed by atoms with van der Waals surface area (Å²) in [4.78, 5) is 1.83. The van der Waals surface area contributed by atoms with Crippen molar-refractivity contribution in [2.24, 2.45) is 0 Å². The highest BCUT2D eigenvalue weighted by atomic mass is 32.1. The lowest BCUT2D eigenvalue weighted by molar-refractivity contribution is 1.60. The minimum Gasteiger partial charge on any atom is -0.134 e. The molecule has 2 heteroatoms. The Labute approximate surface area is 150 Å². The summed E-state index contributed by atoms with van der Waals surface area (Å²) in [6.07, 6.45) is 10.9. The zero-order chi connectivity index (χ0) is 16.8. The van der Waals surface area contributed by atoms with Crippen LogP contribution in [0, 0.1) is 48.4 Å². The Morgan fingerprint density at radius 3 is 1.38 bits per heavy atom. The Hall–Kier alpha value is -3.14. The van der Waals surface area contributed by atoms with Crippen molar-refractivity contribution < 1.29 is 0 Å². The molecule has 0 atom stereocenters. The summed E-state index contributed by atoms with van der Waals surface area (Å²) >= 11 is 3.11. The molecule has 0 bridgehead atoms. The van der Waals surface area contributed by atoms with Crippen molar-refractivity contribution in [3.8, 4) is 48.4 Å². The first-order chi connectivity index (χ1) is 11.8. The van der Waals surface area contributed by atoms with Gasteiger partial charge in [0.15, 0.2) is 0 Å². The van der Waals surface area contributed by atoms with E-state index in [1.807, 2.05) is 47.2 Å². The van der Waals surface area contributed by atoms with Crippen molar-refractivity contribution in [2.45, 2.75) is 0 Å². The van der Waals surface area contributed by atoms with E-state index in [9.17, 15) is 0 Å². The normalized spacial score (nSPS) is 8.92. The van der Waals surface area contributed by atoms with Gasteiger partial charge in [-0.15, -0.1) is 35.5 Å². The van der Waals surface area contributed by atoms with Gasteiger partial charge in [-0.05, 0) is 59.0 Å². The van der Waals surface area contributed by atoms with Crippen LogP contribution >= 0.6 is 22.7 Å². The van der Waals surface area contributed by atoms with Gasteiger partial charge in [-0.3, -0.25) is 0 Å². The van der Waals surface area contributed by atoms with E-state index in [0.29, 0.717) is 0 Å². The predicted octanol–water partition coefficient (Wildman–Crippen LogP) is 4.57. The third-order valence-corrected chi connectivity index (χ3v) is 4.83. The molecule has 0 saturated heterocycles. The fourth-order valence-corrected chi connectivity index (χ4v) is 3.34. The molecule has 0 spiro atoms. The molecule has 0 N–H and O–H groups in total. The van der Waals surface area contributed by atoms with Crippen LogP contribution in [0.25, 0.3) is 0 Å². The maximum atomic E-state index is 5.44. The van der Waals surface area contributed by atoms with Crippen molar-refractivity contribution in [1.82, 2.24) is 0 Å². The molecule has 0 unspecified atom stereocenters. The number of hydrogen-bond donors (Lipinski definition) is 0. The molecule has 2 aromatic heterocycles. The molecule has 110 valence electrons. The van der Waals surface area contributed by atoms with Crippen molar-refractivity contribution in [3.05, 3.63) is 79.2 Å². The van der Waals surface area contributed by atoms with E-state index in [1.165, 1.54) is 0 Å². The van der Waals surface area contributed by atoms with Crippen LogP contribution in [-0.2, 0) is 0 Å². The van der Waals surface area contributed by atoms with Gasteiger partial charge in [-0.2, -0.15) is 0 Å². The minimum absolute atomic E-state index is 0.843. The Balaban J connectivity index is 1.78. The lowest BCUT2D eigenvalue weighted by Gasteiger charge is -1.92. The first-order valence-corrected chi connectivity index (χ1v) is 8.78. The summed E-state index contributed by atoms with van der Waals surface area (Å²) in [7, 11) is 0. The second-order valence-corrected chi connectivity index (χ2v) is 6.53. The van der Waals surface area contributed by atoms with Gasteiger partial charge < -0.3 is 0 Å². The Kier molecular flexibility index (Phi) is 4.87. The molecule has 0 aliphatic heterocycles. The zero-order valence-corrected chi connectivity index (χ0v) is 14.2. The maximum absolute atomic E-state index is 5.44. The van der Waals surface area contributed by atoms with Gasteiger partial charge in [0.05, 0.1) is 20.9 Å². The second kappa shape index (κ2) is 7.42. The van der Waals surface area contributed by atoms with Crippen molar-refractivity contribution >= 4 is 22.7 Å². The van der Waals surface area contributed by atoms with E-state index in [0.717, 1.165) is 32.0 Å². The summed E-state index contributed by atoms with van der Waals surface area (Å²) in [5, 5.41) is 3.90. The molecular weight excluding hydrogens is 328 g/mol. The molecular formula is C22H10S2. The molecule has 3 rings (SSSR count). The molecule has 0 aliphatic carbocycles. The molecule has 3 aromatic rings. The summed E-state index contributed by atoms with van der Waals surface area (Å²) in [5.74, 6) is 17.8. The van der Waals surface area contributed by atoms with Crippen LogP contribution in [0.3, 0.4) is 0 Å². The monoisotopic (exact) mass is 338 g/mol. The summed E-state index contributed by atoms with van der Waals surface area (Å²) in [5.41, 5.74) is 3.54. The number of rotatable bonds is 0. The Morgan fingerprint density at radius 2 is 1.00 bits per heavy atom. The van der Waals surface area contributed by atoms with Gasteiger partial charge in [-0.1, -0.05) is 23.7 Å². The van der Waals surface area contributed by atoms with Gasteiger partial charge >= 0.3 is 0 Å². The van der Waals surface area contributed by atoms with E-state index in [-0.39, 0.29) is 0 Å². The van der Waals surface area contributed by atoms with Gasteiger partial charge in [0.2, 0.25) is 0 Å². The molecule has 0 aliphatic rings. The van der Waals surface area contributed by atoms with Crippen LogP contribution in [0.5, 0.6) is 0 Å². The van der Waals surface area contributed by atoms with Crippen LogP contribution in [0.2, 0.25) is 0 Å². The first-order valence-electron chi connectivity index (χ1n) is 7.02. The summed E-state index contributed by atoms with van der Waals surface area (Å²) in [6, 6.07) is 11.6. The molecule has 0 fully saturated rings. The third kappa shape index (κ3) is 3.60. The lowest BCUT2D eigenvalue weighted by Crippen LogP contribution is -1.79. The third-order valence-electron chi connectivity index (χ3n) is 3.17. The first kappa shape index (κ1) is 15.7. The molecule has 1 aromatic carbocycles. The van der Waals surface area contributed by atoms with E-state index in [2.05, 4.69) is 35.5 Å². The highest BCUT2D eigenvalue weighted by Crippen LogP contribution is 2.15. The fourth-order valence-electron chi connectivity index (χ4n) is 1.93. The van der Waals surface area contributed by atoms with Crippen LogP contribution < -0.4 is 0 Å². The largest absolute Gasteiger partial charge is 0.134 e. The number of hydrogen-bond acceptors (Lipinski definition) is 2. The van der Waals surface area contributed by atoms with Gasteiger partial charge in [0.25, 0.3) is 0 Å². The number of benzene rings is 1. The lowest BCUT2D eigenvalue weighted by atomic mass is 10.1. The van der Waals surface area contributed by atoms with E-state index in [1.54, 1.807) is 22.7 Å². The molecule has 0 saturated carbocycles. The van der Waals surface area contributed by atoms with E-state index in [4.69, 9.17) is 12.8 Å². The molecule has 0 nitrogen and oxygen atoms in total. The molecule has 0 amide bonds. The van der Waals surface area contributed by atoms with Crippen LogP contribution in [0.15, 0.2) is 47.2 Å². The van der Waals surface area contributed by atoms with Crippen LogP contribution in [0.4, 0.5) is 0 Å². The quantitative estimate of drug-likeness (QED) is 0.527. The fraction of sp³-hybridized carbons (Fsp3) is 0. The minimum atomic E-state index is 0.843. The topological polar surface area (TPSA) is 0 Å².